The third-order valence-corrected chi connectivity index (χ3v) is 5.83. The molecule has 2 aliphatic carbocycles. The zero-order valence-electron chi connectivity index (χ0n) is 10.5. The number of hydrogen-bond acceptors (Lipinski definition) is 2. The largest absolute Gasteiger partial charge is 0.388 e. The van der Waals surface area contributed by atoms with Crippen LogP contribution in [0.25, 0.3) is 0 Å². The van der Waals surface area contributed by atoms with Crippen molar-refractivity contribution in [1.29, 1.82) is 0 Å². The quantitative estimate of drug-likeness (QED) is 0.744. The monoisotopic (exact) mass is 240 g/mol. The molecular formula is C14H24OS. The van der Waals surface area contributed by atoms with Crippen LogP contribution < -0.4 is 0 Å². The molecule has 0 spiro atoms. The Morgan fingerprint density at radius 1 is 1.50 bits per heavy atom. The Hall–Kier alpha value is 0.0500. The van der Waals surface area contributed by atoms with Crippen LogP contribution >= 0.6 is 11.8 Å². The molecule has 2 rings (SSSR count). The third-order valence-electron chi connectivity index (χ3n) is 4.50. The minimum absolute atomic E-state index is 0.369. The van der Waals surface area contributed by atoms with E-state index in [4.69, 9.17) is 0 Å². The normalized spacial score (nSPS) is 44.2. The van der Waals surface area contributed by atoms with Crippen LogP contribution in [0.2, 0.25) is 0 Å². The summed E-state index contributed by atoms with van der Waals surface area (Å²) in [5.74, 6) is 2.07. The maximum atomic E-state index is 11.0. The SMILES string of the molecule is C=C1[C@@H](C)C[C@@H](SCC)[C@]2(O)CCCC[C@@H]12. The van der Waals surface area contributed by atoms with Crippen molar-refractivity contribution in [2.75, 3.05) is 5.75 Å². The number of fused-ring (bicyclic) bond motifs is 1. The van der Waals surface area contributed by atoms with Crippen molar-refractivity contribution in [3.63, 3.8) is 0 Å². The molecule has 4 atom stereocenters. The van der Waals surface area contributed by atoms with Crippen molar-refractivity contribution >= 4 is 11.8 Å². The number of thioether (sulfide) groups is 1. The van der Waals surface area contributed by atoms with Crippen molar-refractivity contribution in [3.05, 3.63) is 12.2 Å². The van der Waals surface area contributed by atoms with Gasteiger partial charge in [-0.15, -0.1) is 0 Å². The summed E-state index contributed by atoms with van der Waals surface area (Å²) in [6.07, 6.45) is 5.71. The summed E-state index contributed by atoms with van der Waals surface area (Å²) in [6.45, 7) is 8.72. The molecule has 2 aliphatic rings. The van der Waals surface area contributed by atoms with E-state index in [2.05, 4.69) is 20.4 Å². The molecule has 2 saturated carbocycles. The lowest BCUT2D eigenvalue weighted by Gasteiger charge is -2.51. The molecule has 0 aromatic carbocycles. The first-order valence-corrected chi connectivity index (χ1v) is 7.67. The Labute approximate surface area is 104 Å². The van der Waals surface area contributed by atoms with E-state index in [0.29, 0.717) is 17.1 Å². The van der Waals surface area contributed by atoms with E-state index in [1.165, 1.54) is 18.4 Å². The minimum Gasteiger partial charge on any atom is -0.388 e. The van der Waals surface area contributed by atoms with Gasteiger partial charge in [0.05, 0.1) is 5.60 Å². The van der Waals surface area contributed by atoms with E-state index in [1.807, 2.05) is 11.8 Å². The van der Waals surface area contributed by atoms with Gasteiger partial charge in [-0.05, 0) is 30.9 Å². The summed E-state index contributed by atoms with van der Waals surface area (Å²) in [4.78, 5) is 0. The van der Waals surface area contributed by atoms with Crippen LogP contribution in [0.5, 0.6) is 0 Å². The zero-order chi connectivity index (χ0) is 11.8. The highest BCUT2D eigenvalue weighted by molar-refractivity contribution is 7.99. The highest BCUT2D eigenvalue weighted by atomic mass is 32.2. The fraction of sp³-hybridized carbons (Fsp3) is 0.857. The lowest BCUT2D eigenvalue weighted by atomic mass is 9.62. The highest BCUT2D eigenvalue weighted by Gasteiger charge is 2.50. The standard InChI is InChI=1S/C14H24OS/c1-4-16-13-9-10(2)11(3)12-7-5-6-8-14(12,13)15/h10,12-13,15H,3-9H2,1-2H3/t10-,12-,13+,14-/m0/s1. The van der Waals surface area contributed by atoms with Crippen LogP contribution in [0.1, 0.15) is 46.0 Å². The summed E-state index contributed by atoms with van der Waals surface area (Å²) in [7, 11) is 0. The summed E-state index contributed by atoms with van der Waals surface area (Å²) >= 11 is 1.95. The second-order valence-electron chi connectivity index (χ2n) is 5.45. The van der Waals surface area contributed by atoms with Gasteiger partial charge in [0.1, 0.15) is 0 Å². The molecule has 0 aromatic heterocycles. The van der Waals surface area contributed by atoms with Gasteiger partial charge in [-0.2, -0.15) is 11.8 Å². The van der Waals surface area contributed by atoms with Crippen molar-refractivity contribution in [1.82, 2.24) is 0 Å². The van der Waals surface area contributed by atoms with Gasteiger partial charge >= 0.3 is 0 Å². The first-order chi connectivity index (χ1) is 7.59. The predicted molar refractivity (Wildman–Crippen MR) is 71.7 cm³/mol. The Kier molecular flexibility index (Phi) is 3.70. The molecule has 0 bridgehead atoms. The number of aliphatic hydroxyl groups is 1. The first kappa shape index (κ1) is 12.5. The fourth-order valence-electron chi connectivity index (χ4n) is 3.51. The Morgan fingerprint density at radius 3 is 2.94 bits per heavy atom. The van der Waals surface area contributed by atoms with E-state index in [1.54, 1.807) is 0 Å². The minimum atomic E-state index is -0.442. The molecule has 0 heterocycles. The average molecular weight is 240 g/mol. The van der Waals surface area contributed by atoms with Gasteiger partial charge in [0, 0.05) is 11.2 Å². The molecule has 92 valence electrons. The van der Waals surface area contributed by atoms with Crippen molar-refractivity contribution in [2.24, 2.45) is 11.8 Å². The molecule has 16 heavy (non-hydrogen) atoms. The lowest BCUT2D eigenvalue weighted by Crippen LogP contribution is -2.54. The van der Waals surface area contributed by atoms with Crippen LogP contribution in [0.4, 0.5) is 0 Å². The van der Waals surface area contributed by atoms with Gasteiger partial charge in [0.25, 0.3) is 0 Å². The molecule has 1 nitrogen and oxygen atoms in total. The molecule has 0 aliphatic heterocycles. The second-order valence-corrected chi connectivity index (χ2v) is 6.92. The van der Waals surface area contributed by atoms with Gasteiger partial charge in [-0.3, -0.25) is 0 Å². The smallest absolute Gasteiger partial charge is 0.0830 e. The molecule has 0 unspecified atom stereocenters. The van der Waals surface area contributed by atoms with E-state index in [0.717, 1.165) is 25.0 Å². The summed E-state index contributed by atoms with van der Waals surface area (Å²) in [6, 6.07) is 0. The van der Waals surface area contributed by atoms with E-state index in [9.17, 15) is 5.11 Å². The average Bonchev–Trinajstić information content (AvgIpc) is 2.26. The zero-order valence-corrected chi connectivity index (χ0v) is 11.4. The Morgan fingerprint density at radius 2 is 2.25 bits per heavy atom. The molecule has 1 N–H and O–H groups in total. The molecule has 0 amide bonds. The molecule has 2 heteroatoms. The third kappa shape index (κ3) is 1.95. The van der Waals surface area contributed by atoms with Gasteiger partial charge in [0.15, 0.2) is 0 Å². The van der Waals surface area contributed by atoms with Gasteiger partial charge in [0.2, 0.25) is 0 Å². The highest BCUT2D eigenvalue weighted by Crippen LogP contribution is 2.51. The molecule has 0 saturated heterocycles. The van der Waals surface area contributed by atoms with Crippen LogP contribution in [-0.4, -0.2) is 21.7 Å². The first-order valence-electron chi connectivity index (χ1n) is 6.62. The maximum absolute atomic E-state index is 11.0. The summed E-state index contributed by atoms with van der Waals surface area (Å²) in [5, 5.41) is 11.4. The second kappa shape index (κ2) is 4.73. The fourth-order valence-corrected chi connectivity index (χ4v) is 4.90. The van der Waals surface area contributed by atoms with E-state index < -0.39 is 5.60 Å². The van der Waals surface area contributed by atoms with Gasteiger partial charge < -0.3 is 5.11 Å². The van der Waals surface area contributed by atoms with E-state index in [-0.39, 0.29) is 0 Å². The Balaban J connectivity index is 2.24. The predicted octanol–water partition coefficient (Wildman–Crippen LogP) is 3.63. The van der Waals surface area contributed by atoms with Crippen LogP contribution in [-0.2, 0) is 0 Å². The molecule has 0 aromatic rings. The van der Waals surface area contributed by atoms with Crippen LogP contribution in [0.15, 0.2) is 12.2 Å². The van der Waals surface area contributed by atoms with Crippen molar-refractivity contribution in [3.8, 4) is 0 Å². The number of hydrogen-bond donors (Lipinski definition) is 1. The van der Waals surface area contributed by atoms with Gasteiger partial charge in [-0.25, -0.2) is 0 Å². The Bertz CT molecular complexity index is 276. The summed E-state index contributed by atoms with van der Waals surface area (Å²) in [5.41, 5.74) is 0.873. The lowest BCUT2D eigenvalue weighted by molar-refractivity contribution is -0.0542. The number of rotatable bonds is 2. The van der Waals surface area contributed by atoms with E-state index >= 15 is 0 Å². The molecule has 0 radical (unpaired) electrons. The summed E-state index contributed by atoms with van der Waals surface area (Å²) < 4.78 is 0. The topological polar surface area (TPSA) is 20.2 Å². The molecule has 2 fully saturated rings. The van der Waals surface area contributed by atoms with Crippen LogP contribution in [0.3, 0.4) is 0 Å². The maximum Gasteiger partial charge on any atom is 0.0830 e. The van der Waals surface area contributed by atoms with Crippen molar-refractivity contribution < 1.29 is 5.11 Å². The van der Waals surface area contributed by atoms with Crippen molar-refractivity contribution in [2.45, 2.75) is 56.8 Å². The van der Waals surface area contributed by atoms with Gasteiger partial charge in [-0.1, -0.05) is 38.8 Å². The van der Waals surface area contributed by atoms with Crippen LogP contribution in [0, 0.1) is 11.8 Å². The molecular weight excluding hydrogens is 216 g/mol.